The zero-order valence-electron chi connectivity index (χ0n) is 17.9. The lowest BCUT2D eigenvalue weighted by Gasteiger charge is -2.45. The fourth-order valence-electron chi connectivity index (χ4n) is 4.28. The summed E-state index contributed by atoms with van der Waals surface area (Å²) in [6, 6.07) is 10.5. The van der Waals surface area contributed by atoms with Crippen molar-refractivity contribution in [1.29, 1.82) is 0 Å². The van der Waals surface area contributed by atoms with E-state index in [-0.39, 0.29) is 28.1 Å². The van der Waals surface area contributed by atoms with E-state index in [1.54, 1.807) is 49.9 Å². The number of rotatable bonds is 5. The van der Waals surface area contributed by atoms with Gasteiger partial charge in [-0.1, -0.05) is 18.2 Å². The molecule has 2 heterocycles. The second-order valence-corrected chi connectivity index (χ2v) is 10.3. The number of hydrogen-bond acceptors (Lipinski definition) is 6. The summed E-state index contributed by atoms with van der Waals surface area (Å²) in [5.41, 5.74) is -0.496. The number of sulfone groups is 1. The van der Waals surface area contributed by atoms with Gasteiger partial charge in [-0.15, -0.1) is 0 Å². The fraction of sp³-hybridized carbons (Fsp3) is 0.435. The molecule has 7 nitrogen and oxygen atoms in total. The Balaban J connectivity index is 1.93. The summed E-state index contributed by atoms with van der Waals surface area (Å²) in [5, 5.41) is 11.1. The summed E-state index contributed by atoms with van der Waals surface area (Å²) in [4.78, 5) is 14.3. The molecule has 8 heteroatoms. The van der Waals surface area contributed by atoms with Gasteiger partial charge in [-0.2, -0.15) is 0 Å². The van der Waals surface area contributed by atoms with Crippen molar-refractivity contribution in [3.63, 3.8) is 0 Å². The van der Waals surface area contributed by atoms with Crippen LogP contribution in [0.5, 0.6) is 11.5 Å². The number of carbonyl (C=O) groups is 1. The van der Waals surface area contributed by atoms with Crippen molar-refractivity contribution >= 4 is 15.7 Å². The second-order valence-electron chi connectivity index (χ2n) is 8.37. The highest BCUT2D eigenvalue weighted by Crippen LogP contribution is 2.47. The molecule has 2 atom stereocenters. The lowest BCUT2D eigenvalue weighted by Crippen LogP contribution is -2.53. The molecule has 166 valence electrons. The Labute approximate surface area is 182 Å². The highest BCUT2D eigenvalue weighted by atomic mass is 32.2. The number of aliphatic hydroxyl groups excluding tert-OH is 1. The van der Waals surface area contributed by atoms with E-state index in [0.717, 1.165) is 0 Å². The van der Waals surface area contributed by atoms with Crippen LogP contribution in [0.1, 0.15) is 45.2 Å². The minimum atomic E-state index is -3.90. The van der Waals surface area contributed by atoms with Gasteiger partial charge in [0.25, 0.3) is 0 Å². The maximum absolute atomic E-state index is 13.5. The highest BCUT2D eigenvalue weighted by Gasteiger charge is 2.48. The molecule has 0 aliphatic carbocycles. The van der Waals surface area contributed by atoms with E-state index < -0.39 is 27.6 Å². The quantitative estimate of drug-likeness (QED) is 0.760. The molecule has 1 fully saturated rings. The van der Waals surface area contributed by atoms with Crippen LogP contribution in [0.2, 0.25) is 0 Å². The average Bonchev–Trinajstić information content (AvgIpc) is 3.15. The van der Waals surface area contributed by atoms with Crippen LogP contribution in [-0.4, -0.2) is 49.2 Å². The highest BCUT2D eigenvalue weighted by molar-refractivity contribution is 7.91. The van der Waals surface area contributed by atoms with Crippen LogP contribution in [-0.2, 0) is 14.6 Å². The van der Waals surface area contributed by atoms with Crippen molar-refractivity contribution in [2.75, 3.05) is 13.2 Å². The van der Waals surface area contributed by atoms with E-state index in [2.05, 4.69) is 0 Å². The first kappa shape index (κ1) is 21.6. The Morgan fingerprint density at radius 1 is 1.23 bits per heavy atom. The van der Waals surface area contributed by atoms with Gasteiger partial charge in [0, 0.05) is 24.6 Å². The Kier molecular flexibility index (Phi) is 5.47. The first-order chi connectivity index (χ1) is 14.7. The SMILES string of the molecule is CCOc1cc2c(cc1S(=O)(=O)c1ccccc1)[C@H](N1CCCC1=O)[C@@H](O)C(C)(C)O2. The van der Waals surface area contributed by atoms with Crippen molar-refractivity contribution in [1.82, 2.24) is 4.90 Å². The van der Waals surface area contributed by atoms with Gasteiger partial charge in [-0.3, -0.25) is 4.79 Å². The van der Waals surface area contributed by atoms with Gasteiger partial charge < -0.3 is 19.5 Å². The van der Waals surface area contributed by atoms with E-state index in [1.165, 1.54) is 18.2 Å². The molecule has 4 rings (SSSR count). The summed E-state index contributed by atoms with van der Waals surface area (Å²) in [6.45, 7) is 6.06. The van der Waals surface area contributed by atoms with Gasteiger partial charge in [0.2, 0.25) is 15.7 Å². The number of likely N-dealkylation sites (tertiary alicyclic amines) is 1. The molecule has 1 saturated heterocycles. The molecule has 0 radical (unpaired) electrons. The molecule has 0 saturated carbocycles. The molecular weight excluding hydrogens is 418 g/mol. The largest absolute Gasteiger partial charge is 0.492 e. The maximum atomic E-state index is 13.5. The number of nitrogens with zero attached hydrogens (tertiary/aromatic N) is 1. The summed E-state index contributed by atoms with van der Waals surface area (Å²) < 4.78 is 38.6. The van der Waals surface area contributed by atoms with Crippen molar-refractivity contribution in [3.05, 3.63) is 48.0 Å². The number of ether oxygens (including phenoxy) is 2. The summed E-state index contributed by atoms with van der Waals surface area (Å²) in [6.07, 6.45) is 0.0870. The molecule has 0 spiro atoms. The number of amides is 1. The summed E-state index contributed by atoms with van der Waals surface area (Å²) >= 11 is 0. The third-order valence-electron chi connectivity index (χ3n) is 5.87. The molecule has 0 aromatic heterocycles. The second kappa shape index (κ2) is 7.84. The third-order valence-corrected chi connectivity index (χ3v) is 7.66. The van der Waals surface area contributed by atoms with Crippen LogP contribution in [0.15, 0.2) is 52.3 Å². The first-order valence-corrected chi connectivity index (χ1v) is 11.9. The minimum Gasteiger partial charge on any atom is -0.492 e. The lowest BCUT2D eigenvalue weighted by atomic mass is 9.85. The van der Waals surface area contributed by atoms with Crippen LogP contribution >= 0.6 is 0 Å². The Bertz CT molecular complexity index is 1100. The predicted molar refractivity (Wildman–Crippen MR) is 114 cm³/mol. The normalized spacial score (nSPS) is 22.7. The van der Waals surface area contributed by atoms with Crippen LogP contribution in [0.3, 0.4) is 0 Å². The number of benzene rings is 2. The molecule has 0 bridgehead atoms. The van der Waals surface area contributed by atoms with Crippen LogP contribution < -0.4 is 9.47 Å². The number of carbonyl (C=O) groups excluding carboxylic acids is 1. The van der Waals surface area contributed by atoms with Crippen LogP contribution in [0, 0.1) is 0 Å². The summed E-state index contributed by atoms with van der Waals surface area (Å²) in [5.74, 6) is 0.535. The van der Waals surface area contributed by atoms with Gasteiger partial charge in [0.1, 0.15) is 28.1 Å². The lowest BCUT2D eigenvalue weighted by molar-refractivity contribution is -0.139. The molecule has 2 aliphatic heterocycles. The Morgan fingerprint density at radius 3 is 2.55 bits per heavy atom. The monoisotopic (exact) mass is 445 g/mol. The number of hydrogen-bond donors (Lipinski definition) is 1. The van der Waals surface area contributed by atoms with E-state index >= 15 is 0 Å². The smallest absolute Gasteiger partial charge is 0.223 e. The van der Waals surface area contributed by atoms with E-state index in [9.17, 15) is 18.3 Å². The minimum absolute atomic E-state index is 0.00791. The molecular formula is C23H27NO6S. The van der Waals surface area contributed by atoms with Crippen molar-refractivity contribution in [2.24, 2.45) is 0 Å². The zero-order chi connectivity index (χ0) is 22.4. The molecule has 0 unspecified atom stereocenters. The molecule has 2 aromatic rings. The van der Waals surface area contributed by atoms with Crippen LogP contribution in [0.25, 0.3) is 0 Å². The first-order valence-electron chi connectivity index (χ1n) is 10.4. The van der Waals surface area contributed by atoms with Gasteiger partial charge in [-0.05, 0) is 45.4 Å². The van der Waals surface area contributed by atoms with Crippen LogP contribution in [0.4, 0.5) is 0 Å². The van der Waals surface area contributed by atoms with E-state index in [0.29, 0.717) is 30.7 Å². The topological polar surface area (TPSA) is 93.1 Å². The molecule has 2 aromatic carbocycles. The molecule has 1 amide bonds. The fourth-order valence-corrected chi connectivity index (χ4v) is 5.71. The molecule has 1 N–H and O–H groups in total. The standard InChI is InChI=1S/C23H27NO6S/c1-4-29-18-14-17-16(13-19(18)31(27,28)15-9-6-5-7-10-15)21(22(26)23(2,3)30-17)24-12-8-11-20(24)25/h5-7,9-10,13-14,21-22,26H,4,8,11-12H2,1-3H3/t21-,22+/m0/s1. The Morgan fingerprint density at radius 2 is 1.94 bits per heavy atom. The summed E-state index contributed by atoms with van der Waals surface area (Å²) in [7, 11) is -3.90. The average molecular weight is 446 g/mol. The van der Waals surface area contributed by atoms with E-state index in [1.807, 2.05) is 0 Å². The van der Waals surface area contributed by atoms with Gasteiger partial charge in [-0.25, -0.2) is 8.42 Å². The molecule has 31 heavy (non-hydrogen) atoms. The third kappa shape index (κ3) is 3.68. The number of aliphatic hydroxyl groups is 1. The van der Waals surface area contributed by atoms with E-state index in [4.69, 9.17) is 9.47 Å². The molecule has 2 aliphatic rings. The Hall–Kier alpha value is -2.58. The zero-order valence-corrected chi connectivity index (χ0v) is 18.7. The maximum Gasteiger partial charge on any atom is 0.223 e. The van der Waals surface area contributed by atoms with Crippen molar-refractivity contribution < 1.29 is 27.8 Å². The van der Waals surface area contributed by atoms with Crippen molar-refractivity contribution in [3.8, 4) is 11.5 Å². The number of fused-ring (bicyclic) bond motifs is 1. The predicted octanol–water partition coefficient (Wildman–Crippen LogP) is 3.11. The van der Waals surface area contributed by atoms with Gasteiger partial charge in [0.05, 0.1) is 17.5 Å². The van der Waals surface area contributed by atoms with Gasteiger partial charge in [0.15, 0.2) is 0 Å². The van der Waals surface area contributed by atoms with Crippen molar-refractivity contribution in [2.45, 2.75) is 61.2 Å². The van der Waals surface area contributed by atoms with Gasteiger partial charge >= 0.3 is 0 Å².